The maximum atomic E-state index is 11.5. The molecule has 108 valence electrons. The number of amides is 1. The first-order valence-electron chi connectivity index (χ1n) is 6.47. The van der Waals surface area contributed by atoms with Crippen molar-refractivity contribution in [3.8, 4) is 5.88 Å². The molecule has 0 aliphatic heterocycles. The molecule has 0 unspecified atom stereocenters. The van der Waals surface area contributed by atoms with Crippen LogP contribution in [0.2, 0.25) is 0 Å². The highest BCUT2D eigenvalue weighted by Gasteiger charge is 2.06. The van der Waals surface area contributed by atoms with Crippen molar-refractivity contribution in [2.75, 3.05) is 13.2 Å². The largest absolute Gasteiger partial charge is 0.465 e. The number of hydrogen-bond acceptors (Lipinski definition) is 5. The summed E-state index contributed by atoms with van der Waals surface area (Å²) >= 11 is 0. The number of aromatic nitrogens is 3. The Hall–Kier alpha value is -2.31. The van der Waals surface area contributed by atoms with Crippen molar-refractivity contribution >= 4 is 5.91 Å². The lowest BCUT2D eigenvalue weighted by Gasteiger charge is -2.05. The lowest BCUT2D eigenvalue weighted by atomic mass is 10.1. The van der Waals surface area contributed by atoms with Crippen LogP contribution in [0.1, 0.15) is 23.4 Å². The molecule has 2 aromatic heterocycles. The fourth-order valence-corrected chi connectivity index (χ4v) is 1.74. The van der Waals surface area contributed by atoms with Crippen LogP contribution in [0.4, 0.5) is 0 Å². The van der Waals surface area contributed by atoms with Crippen LogP contribution in [-0.2, 0) is 11.2 Å². The molecule has 0 saturated heterocycles. The number of aryl methyl sites for hydroxylation is 3. The molecule has 7 nitrogen and oxygen atoms in total. The molecule has 20 heavy (non-hydrogen) atoms. The van der Waals surface area contributed by atoms with Crippen molar-refractivity contribution in [2.45, 2.75) is 26.7 Å². The molecule has 1 amide bonds. The van der Waals surface area contributed by atoms with E-state index in [0.29, 0.717) is 18.2 Å². The van der Waals surface area contributed by atoms with Crippen molar-refractivity contribution in [1.82, 2.24) is 20.7 Å². The van der Waals surface area contributed by atoms with E-state index in [1.807, 2.05) is 13.1 Å². The number of nitrogens with one attached hydrogen (secondary N) is 2. The van der Waals surface area contributed by atoms with Crippen molar-refractivity contribution in [1.29, 1.82) is 0 Å². The van der Waals surface area contributed by atoms with E-state index in [1.54, 1.807) is 13.0 Å². The van der Waals surface area contributed by atoms with Crippen LogP contribution in [0.25, 0.3) is 0 Å². The first kappa shape index (κ1) is 14.1. The number of ether oxygens (including phenoxy) is 1. The summed E-state index contributed by atoms with van der Waals surface area (Å²) in [5, 5.41) is 13.3. The van der Waals surface area contributed by atoms with Crippen LogP contribution >= 0.6 is 0 Å². The number of carbonyl (C=O) groups is 1. The smallest absolute Gasteiger partial charge is 0.258 e. The number of hydrogen-bond donors (Lipinski definition) is 2. The third-order valence-electron chi connectivity index (χ3n) is 2.84. The van der Waals surface area contributed by atoms with Gasteiger partial charge in [-0.2, -0.15) is 5.10 Å². The van der Waals surface area contributed by atoms with E-state index in [1.165, 1.54) is 5.56 Å². The summed E-state index contributed by atoms with van der Waals surface area (Å²) in [6.07, 6.45) is 3.55. The monoisotopic (exact) mass is 278 g/mol. The number of H-pyrrole nitrogens is 1. The molecule has 2 aromatic rings. The third kappa shape index (κ3) is 4.11. The fourth-order valence-electron chi connectivity index (χ4n) is 1.74. The van der Waals surface area contributed by atoms with Crippen molar-refractivity contribution < 1.29 is 14.1 Å². The predicted molar refractivity (Wildman–Crippen MR) is 71.4 cm³/mol. The molecule has 0 aliphatic rings. The second-order valence-electron chi connectivity index (χ2n) is 4.54. The lowest BCUT2D eigenvalue weighted by molar-refractivity contribution is -0.123. The number of carbonyl (C=O) groups excluding carboxylic acids is 1. The second kappa shape index (κ2) is 6.74. The van der Waals surface area contributed by atoms with Gasteiger partial charge in [0.1, 0.15) is 5.76 Å². The van der Waals surface area contributed by atoms with Gasteiger partial charge in [0.15, 0.2) is 6.61 Å². The van der Waals surface area contributed by atoms with Crippen LogP contribution in [0, 0.1) is 13.8 Å². The summed E-state index contributed by atoms with van der Waals surface area (Å²) < 4.78 is 10.0. The molecular weight excluding hydrogens is 260 g/mol. The van der Waals surface area contributed by atoms with E-state index in [-0.39, 0.29) is 12.5 Å². The van der Waals surface area contributed by atoms with Gasteiger partial charge in [0, 0.05) is 18.3 Å². The van der Waals surface area contributed by atoms with Crippen LogP contribution in [0.3, 0.4) is 0 Å². The molecule has 0 aliphatic carbocycles. The summed E-state index contributed by atoms with van der Waals surface area (Å²) in [5.41, 5.74) is 2.25. The normalized spacial score (nSPS) is 10.5. The number of nitrogens with zero attached hydrogens (tertiary/aromatic N) is 2. The van der Waals surface area contributed by atoms with Crippen molar-refractivity contribution in [2.24, 2.45) is 0 Å². The third-order valence-corrected chi connectivity index (χ3v) is 2.84. The van der Waals surface area contributed by atoms with Gasteiger partial charge < -0.3 is 14.6 Å². The van der Waals surface area contributed by atoms with Gasteiger partial charge >= 0.3 is 0 Å². The summed E-state index contributed by atoms with van der Waals surface area (Å²) in [6, 6.07) is 1.63. The van der Waals surface area contributed by atoms with E-state index in [4.69, 9.17) is 9.26 Å². The molecule has 0 fully saturated rings. The van der Waals surface area contributed by atoms with Gasteiger partial charge in [-0.25, -0.2) is 0 Å². The average molecular weight is 278 g/mol. The molecule has 2 N–H and O–H groups in total. The van der Waals surface area contributed by atoms with E-state index < -0.39 is 0 Å². The number of aromatic amines is 1. The summed E-state index contributed by atoms with van der Waals surface area (Å²) in [7, 11) is 0. The minimum absolute atomic E-state index is 0.0588. The van der Waals surface area contributed by atoms with E-state index in [9.17, 15) is 4.79 Å². The highest BCUT2D eigenvalue weighted by molar-refractivity contribution is 5.77. The zero-order valence-corrected chi connectivity index (χ0v) is 11.6. The van der Waals surface area contributed by atoms with Gasteiger partial charge in [-0.1, -0.05) is 0 Å². The predicted octanol–water partition coefficient (Wildman–Crippen LogP) is 1.14. The van der Waals surface area contributed by atoms with Gasteiger partial charge in [-0.05, 0) is 37.4 Å². The van der Waals surface area contributed by atoms with Crippen LogP contribution in [0.5, 0.6) is 5.88 Å². The maximum absolute atomic E-state index is 11.5. The van der Waals surface area contributed by atoms with Crippen molar-refractivity contribution in [3.05, 3.63) is 29.3 Å². The molecule has 0 radical (unpaired) electrons. The fraction of sp³-hybridized carbons (Fsp3) is 0.462. The Bertz CT molecular complexity index is 561. The Morgan fingerprint density at radius 2 is 2.35 bits per heavy atom. The van der Waals surface area contributed by atoms with Gasteiger partial charge in [-0.3, -0.25) is 9.89 Å². The van der Waals surface area contributed by atoms with Crippen LogP contribution < -0.4 is 10.1 Å². The van der Waals surface area contributed by atoms with Gasteiger partial charge in [0.05, 0.1) is 6.20 Å². The summed E-state index contributed by atoms with van der Waals surface area (Å²) in [5.74, 6) is 0.803. The highest BCUT2D eigenvalue weighted by Crippen LogP contribution is 2.09. The SMILES string of the molecule is Cc1cc(OCC(=O)NCCCc2cn[nH]c2C)no1. The first-order chi connectivity index (χ1) is 9.65. The van der Waals surface area contributed by atoms with E-state index >= 15 is 0 Å². The molecule has 2 heterocycles. The Morgan fingerprint density at radius 1 is 1.50 bits per heavy atom. The summed E-state index contributed by atoms with van der Waals surface area (Å²) in [4.78, 5) is 11.5. The first-order valence-corrected chi connectivity index (χ1v) is 6.47. The van der Waals surface area contributed by atoms with Gasteiger partial charge in [0.2, 0.25) is 0 Å². The molecule has 2 rings (SSSR count). The summed E-state index contributed by atoms with van der Waals surface area (Å²) in [6.45, 7) is 4.29. The minimum atomic E-state index is -0.172. The van der Waals surface area contributed by atoms with Crippen LogP contribution in [0.15, 0.2) is 16.8 Å². The highest BCUT2D eigenvalue weighted by atomic mass is 16.5. The van der Waals surface area contributed by atoms with Gasteiger partial charge in [-0.15, -0.1) is 0 Å². The molecule has 7 heteroatoms. The molecule has 0 spiro atoms. The molecular formula is C13H18N4O3. The van der Waals surface area contributed by atoms with Crippen LogP contribution in [-0.4, -0.2) is 34.4 Å². The Balaban J connectivity index is 1.59. The topological polar surface area (TPSA) is 93.0 Å². The minimum Gasteiger partial charge on any atom is -0.465 e. The zero-order chi connectivity index (χ0) is 14.4. The molecule has 0 atom stereocenters. The molecule has 0 saturated carbocycles. The van der Waals surface area contributed by atoms with E-state index in [2.05, 4.69) is 20.7 Å². The standard InChI is InChI=1S/C13H18N4O3/c1-9-6-13(17-20-9)19-8-12(18)14-5-3-4-11-7-15-16-10(11)2/h6-7H,3-5,8H2,1-2H3,(H,14,18)(H,15,16). The Labute approximate surface area is 116 Å². The lowest BCUT2D eigenvalue weighted by Crippen LogP contribution is -2.29. The van der Waals surface area contributed by atoms with Gasteiger partial charge in [0.25, 0.3) is 11.8 Å². The number of rotatable bonds is 7. The maximum Gasteiger partial charge on any atom is 0.258 e. The average Bonchev–Trinajstić information content (AvgIpc) is 3.01. The quantitative estimate of drug-likeness (QED) is 0.741. The van der Waals surface area contributed by atoms with E-state index in [0.717, 1.165) is 18.5 Å². The Morgan fingerprint density at radius 3 is 3.00 bits per heavy atom. The Kier molecular flexibility index (Phi) is 4.75. The molecule has 0 bridgehead atoms. The second-order valence-corrected chi connectivity index (χ2v) is 4.54. The molecule has 0 aromatic carbocycles. The van der Waals surface area contributed by atoms with Crippen molar-refractivity contribution in [3.63, 3.8) is 0 Å². The zero-order valence-electron chi connectivity index (χ0n) is 11.6.